The first-order valence-corrected chi connectivity index (χ1v) is 4.92. The van der Waals surface area contributed by atoms with Gasteiger partial charge >= 0.3 is 0 Å². The smallest absolute Gasteiger partial charge is 0.122 e. The van der Waals surface area contributed by atoms with Crippen molar-refractivity contribution in [1.29, 1.82) is 5.26 Å². The zero-order chi connectivity index (χ0) is 11.6. The Bertz CT molecular complexity index is 390. The van der Waals surface area contributed by atoms with Crippen LogP contribution in [0.25, 0.3) is 10.4 Å². The molecule has 6 nitrogen and oxygen atoms in total. The van der Waals surface area contributed by atoms with E-state index >= 15 is 0 Å². The van der Waals surface area contributed by atoms with Crippen LogP contribution in [-0.4, -0.2) is 18.1 Å². The molecule has 0 aromatic carbocycles. The minimum absolute atomic E-state index is 0.361. The van der Waals surface area contributed by atoms with E-state index in [9.17, 15) is 0 Å². The van der Waals surface area contributed by atoms with E-state index in [2.05, 4.69) is 26.4 Å². The normalized spacial score (nSPS) is 11.2. The molecule has 1 atom stereocenters. The molecule has 0 saturated heterocycles. The quantitative estimate of drug-likeness (QED) is 0.340. The van der Waals surface area contributed by atoms with Crippen LogP contribution in [0.5, 0.6) is 0 Å². The van der Waals surface area contributed by atoms with Crippen molar-refractivity contribution >= 4 is 0 Å². The highest BCUT2D eigenvalue weighted by Crippen LogP contribution is 2.09. The molecule has 0 aliphatic rings. The lowest BCUT2D eigenvalue weighted by Gasteiger charge is -2.10. The predicted octanol–water partition coefficient (Wildman–Crippen LogP) is 1.94. The van der Waals surface area contributed by atoms with E-state index < -0.39 is 0 Å². The highest BCUT2D eigenvalue weighted by Gasteiger charge is 2.08. The molecule has 1 aromatic heterocycles. The molecular formula is C10H12N6. The molecule has 0 aliphatic heterocycles. The van der Waals surface area contributed by atoms with Crippen LogP contribution in [0.2, 0.25) is 0 Å². The molecule has 1 N–H and O–H groups in total. The van der Waals surface area contributed by atoms with Gasteiger partial charge in [-0.3, -0.25) is 10.3 Å². The highest BCUT2D eigenvalue weighted by molar-refractivity contribution is 5.19. The average Bonchev–Trinajstić information content (AvgIpc) is 2.35. The van der Waals surface area contributed by atoms with Gasteiger partial charge in [0.2, 0.25) is 0 Å². The Morgan fingerprint density at radius 3 is 3.19 bits per heavy atom. The Morgan fingerprint density at radius 1 is 1.69 bits per heavy atom. The fourth-order valence-electron chi connectivity index (χ4n) is 1.23. The number of hydrogen-bond donors (Lipinski definition) is 1. The minimum atomic E-state index is -0.361. The molecule has 1 heterocycles. The summed E-state index contributed by atoms with van der Waals surface area (Å²) >= 11 is 0. The Hall–Kier alpha value is -2.09. The molecule has 82 valence electrons. The van der Waals surface area contributed by atoms with E-state index in [1.54, 1.807) is 18.5 Å². The van der Waals surface area contributed by atoms with Crippen molar-refractivity contribution in [1.82, 2.24) is 10.3 Å². The number of azide groups is 1. The van der Waals surface area contributed by atoms with Gasteiger partial charge in [0, 0.05) is 29.4 Å². The Balaban J connectivity index is 2.39. The van der Waals surface area contributed by atoms with Crippen molar-refractivity contribution in [3.05, 3.63) is 40.5 Å². The number of pyridine rings is 1. The molecule has 16 heavy (non-hydrogen) atoms. The highest BCUT2D eigenvalue weighted by atomic mass is 15.1. The molecule has 0 amide bonds. The zero-order valence-electron chi connectivity index (χ0n) is 8.74. The summed E-state index contributed by atoms with van der Waals surface area (Å²) in [7, 11) is 0. The Kier molecular flexibility index (Phi) is 5.42. The van der Waals surface area contributed by atoms with Gasteiger partial charge in [-0.05, 0) is 24.6 Å². The third kappa shape index (κ3) is 3.96. The minimum Gasteiger partial charge on any atom is -0.298 e. The topological polar surface area (TPSA) is 97.5 Å². The van der Waals surface area contributed by atoms with Gasteiger partial charge in [0.25, 0.3) is 0 Å². The fourth-order valence-corrected chi connectivity index (χ4v) is 1.23. The van der Waals surface area contributed by atoms with E-state index in [-0.39, 0.29) is 6.04 Å². The summed E-state index contributed by atoms with van der Waals surface area (Å²) in [6, 6.07) is 5.43. The lowest BCUT2D eigenvalue weighted by molar-refractivity contribution is 0.606. The van der Waals surface area contributed by atoms with Crippen molar-refractivity contribution in [2.45, 2.75) is 12.5 Å². The van der Waals surface area contributed by atoms with E-state index in [1.807, 2.05) is 6.07 Å². The maximum Gasteiger partial charge on any atom is 0.122 e. The number of nitriles is 1. The third-order valence-electron chi connectivity index (χ3n) is 1.99. The van der Waals surface area contributed by atoms with Crippen LogP contribution in [0.3, 0.4) is 0 Å². The van der Waals surface area contributed by atoms with Crippen LogP contribution in [-0.2, 0) is 0 Å². The SMILES string of the molecule is N#CC(NCCCN=[N+]=[N-])c1cccnc1. The molecule has 0 spiro atoms. The van der Waals surface area contributed by atoms with Gasteiger partial charge in [-0.15, -0.1) is 0 Å². The summed E-state index contributed by atoms with van der Waals surface area (Å²) < 4.78 is 0. The van der Waals surface area contributed by atoms with Gasteiger partial charge in [-0.2, -0.15) is 5.26 Å². The fraction of sp³-hybridized carbons (Fsp3) is 0.400. The van der Waals surface area contributed by atoms with Gasteiger partial charge in [-0.25, -0.2) is 0 Å². The van der Waals surface area contributed by atoms with Crippen molar-refractivity contribution in [2.24, 2.45) is 5.11 Å². The number of nitrogens with one attached hydrogen (secondary N) is 1. The monoisotopic (exact) mass is 216 g/mol. The predicted molar refractivity (Wildman–Crippen MR) is 59.2 cm³/mol. The summed E-state index contributed by atoms with van der Waals surface area (Å²) in [5, 5.41) is 15.4. The number of hydrogen-bond acceptors (Lipinski definition) is 4. The molecule has 1 aromatic rings. The van der Waals surface area contributed by atoms with E-state index in [0.717, 1.165) is 5.56 Å². The molecule has 6 heteroatoms. The van der Waals surface area contributed by atoms with Crippen LogP contribution < -0.4 is 5.32 Å². The lowest BCUT2D eigenvalue weighted by Crippen LogP contribution is -2.21. The van der Waals surface area contributed by atoms with E-state index in [0.29, 0.717) is 19.5 Å². The second-order valence-electron chi connectivity index (χ2n) is 3.11. The van der Waals surface area contributed by atoms with Crippen molar-refractivity contribution in [3.8, 4) is 6.07 Å². The maximum absolute atomic E-state index is 8.96. The second-order valence-corrected chi connectivity index (χ2v) is 3.11. The van der Waals surface area contributed by atoms with Crippen LogP contribution in [0, 0.1) is 11.3 Å². The summed E-state index contributed by atoms with van der Waals surface area (Å²) in [5.41, 5.74) is 8.92. The Morgan fingerprint density at radius 2 is 2.56 bits per heavy atom. The van der Waals surface area contributed by atoms with E-state index in [4.69, 9.17) is 10.8 Å². The van der Waals surface area contributed by atoms with Crippen LogP contribution in [0.4, 0.5) is 0 Å². The van der Waals surface area contributed by atoms with Gasteiger partial charge < -0.3 is 0 Å². The van der Waals surface area contributed by atoms with Crippen LogP contribution in [0.15, 0.2) is 29.6 Å². The zero-order valence-corrected chi connectivity index (χ0v) is 8.74. The summed E-state index contributed by atoms with van der Waals surface area (Å²) in [4.78, 5) is 6.61. The molecule has 0 aliphatic carbocycles. The molecular weight excluding hydrogens is 204 g/mol. The van der Waals surface area contributed by atoms with Gasteiger partial charge in [0.05, 0.1) is 6.07 Å². The molecule has 0 radical (unpaired) electrons. The number of rotatable bonds is 6. The average molecular weight is 216 g/mol. The first-order chi connectivity index (χ1) is 7.88. The van der Waals surface area contributed by atoms with Crippen LogP contribution in [0.1, 0.15) is 18.0 Å². The molecule has 0 saturated carbocycles. The van der Waals surface area contributed by atoms with Crippen molar-refractivity contribution in [2.75, 3.05) is 13.1 Å². The third-order valence-corrected chi connectivity index (χ3v) is 1.99. The number of nitrogens with zero attached hydrogens (tertiary/aromatic N) is 5. The van der Waals surface area contributed by atoms with Crippen molar-refractivity contribution < 1.29 is 0 Å². The van der Waals surface area contributed by atoms with Gasteiger partial charge in [0.1, 0.15) is 6.04 Å². The first-order valence-electron chi connectivity index (χ1n) is 4.92. The largest absolute Gasteiger partial charge is 0.298 e. The van der Waals surface area contributed by atoms with Crippen LogP contribution >= 0.6 is 0 Å². The van der Waals surface area contributed by atoms with Gasteiger partial charge in [0.15, 0.2) is 0 Å². The second kappa shape index (κ2) is 7.23. The maximum atomic E-state index is 8.96. The molecule has 0 fully saturated rings. The van der Waals surface area contributed by atoms with Crippen molar-refractivity contribution in [3.63, 3.8) is 0 Å². The standard InChI is InChI=1S/C10H12N6/c11-7-10(9-3-1-4-13-8-9)14-5-2-6-15-16-12/h1,3-4,8,10,14H,2,5-6H2. The summed E-state index contributed by atoms with van der Waals surface area (Å²) in [6.07, 6.45) is 4.04. The Labute approximate surface area is 93.6 Å². The molecule has 1 rings (SSSR count). The van der Waals surface area contributed by atoms with Gasteiger partial charge in [-0.1, -0.05) is 11.2 Å². The first kappa shape index (κ1) is 12.0. The number of aromatic nitrogens is 1. The molecule has 0 bridgehead atoms. The summed E-state index contributed by atoms with van der Waals surface area (Å²) in [5.74, 6) is 0. The lowest BCUT2D eigenvalue weighted by atomic mass is 10.1. The summed E-state index contributed by atoms with van der Waals surface area (Å²) in [6.45, 7) is 1.07. The van der Waals surface area contributed by atoms with E-state index in [1.165, 1.54) is 0 Å². The molecule has 1 unspecified atom stereocenters.